The van der Waals surface area contributed by atoms with Crippen molar-refractivity contribution in [2.75, 3.05) is 24.7 Å². The number of hydrogen-bond donors (Lipinski definition) is 1. The average Bonchev–Trinajstić information content (AvgIpc) is 3.44. The van der Waals surface area contributed by atoms with E-state index in [2.05, 4.69) is 0 Å². The molecule has 7 nitrogen and oxygen atoms in total. The number of amides is 1. The Kier molecular flexibility index (Phi) is 6.91. The maximum Gasteiger partial charge on any atom is 0.227 e. The molecule has 0 radical (unpaired) electrons. The summed E-state index contributed by atoms with van der Waals surface area (Å²) in [6.45, 7) is 5.58. The van der Waals surface area contributed by atoms with E-state index < -0.39 is 6.10 Å². The highest BCUT2D eigenvalue weighted by Crippen LogP contribution is 2.34. The van der Waals surface area contributed by atoms with Crippen molar-refractivity contribution in [3.8, 4) is 11.5 Å². The number of anilines is 1. The molecule has 0 bridgehead atoms. The zero-order chi connectivity index (χ0) is 25.1. The molecule has 0 saturated carbocycles. The van der Waals surface area contributed by atoms with Crippen molar-refractivity contribution >= 4 is 22.6 Å². The van der Waals surface area contributed by atoms with Gasteiger partial charge >= 0.3 is 0 Å². The molecule has 0 unspecified atom stereocenters. The molecule has 186 valence electrons. The van der Waals surface area contributed by atoms with Gasteiger partial charge in [-0.3, -0.25) is 4.79 Å². The van der Waals surface area contributed by atoms with Gasteiger partial charge in [0.25, 0.3) is 0 Å². The van der Waals surface area contributed by atoms with Gasteiger partial charge in [0, 0.05) is 24.6 Å². The molecule has 1 aromatic heterocycles. The van der Waals surface area contributed by atoms with E-state index >= 15 is 0 Å². The molecule has 1 aliphatic heterocycles. The molecule has 1 N–H and O–H groups in total. The number of nitrogens with zero attached hydrogens (tertiary/aromatic N) is 3. The summed E-state index contributed by atoms with van der Waals surface area (Å²) in [5.74, 6) is 2.31. The van der Waals surface area contributed by atoms with Gasteiger partial charge in [-0.05, 0) is 67.9 Å². The van der Waals surface area contributed by atoms with Gasteiger partial charge in [0.1, 0.15) is 30.0 Å². The molecular formula is C29H31N3O4. The minimum absolute atomic E-state index is 0.0612. The summed E-state index contributed by atoms with van der Waals surface area (Å²) in [4.78, 5) is 19.7. The van der Waals surface area contributed by atoms with E-state index in [0.717, 1.165) is 39.6 Å². The second kappa shape index (κ2) is 10.4. The number of carbonyl (C=O) groups is 1. The number of fused-ring (bicyclic) bond motifs is 1. The summed E-state index contributed by atoms with van der Waals surface area (Å²) in [5.41, 5.74) is 3.74. The topological polar surface area (TPSA) is 76.8 Å². The summed E-state index contributed by atoms with van der Waals surface area (Å²) in [6.07, 6.45) is -0.368. The molecule has 4 aromatic rings. The van der Waals surface area contributed by atoms with Crippen molar-refractivity contribution in [2.45, 2.75) is 38.8 Å². The Hall–Kier alpha value is -3.84. The summed E-state index contributed by atoms with van der Waals surface area (Å²) in [6, 6.07) is 23.3. The molecule has 1 aliphatic rings. The minimum Gasteiger partial charge on any atom is -0.494 e. The first-order chi connectivity index (χ1) is 17.5. The SMILES string of the molecule is CCOc1ccc(N2C[C@H](c3nc4ccccc4n3C[C@@H](O)COc3cccc(C)c3)CC2=O)cc1. The average molecular weight is 486 g/mol. The number of imidazole rings is 1. The Labute approximate surface area is 210 Å². The van der Waals surface area contributed by atoms with Crippen LogP contribution in [0.1, 0.15) is 30.7 Å². The zero-order valence-corrected chi connectivity index (χ0v) is 20.6. The lowest BCUT2D eigenvalue weighted by molar-refractivity contribution is -0.117. The highest BCUT2D eigenvalue weighted by Gasteiger charge is 2.35. The molecule has 2 atom stereocenters. The normalized spacial score (nSPS) is 16.5. The lowest BCUT2D eigenvalue weighted by Crippen LogP contribution is -2.26. The molecule has 0 spiro atoms. The van der Waals surface area contributed by atoms with E-state index in [-0.39, 0.29) is 18.4 Å². The highest BCUT2D eigenvalue weighted by molar-refractivity contribution is 5.96. The number of rotatable bonds is 9. The van der Waals surface area contributed by atoms with E-state index in [1.165, 1.54) is 0 Å². The van der Waals surface area contributed by atoms with E-state index in [0.29, 0.717) is 26.1 Å². The number of para-hydroxylation sites is 2. The molecule has 1 amide bonds. The second-order valence-electron chi connectivity index (χ2n) is 9.18. The molecule has 36 heavy (non-hydrogen) atoms. The summed E-state index contributed by atoms with van der Waals surface area (Å²) < 4.78 is 13.4. The van der Waals surface area contributed by atoms with Gasteiger partial charge in [0.2, 0.25) is 5.91 Å². The van der Waals surface area contributed by atoms with Crippen LogP contribution in [0.15, 0.2) is 72.8 Å². The van der Waals surface area contributed by atoms with E-state index in [1.54, 1.807) is 4.90 Å². The van der Waals surface area contributed by atoms with Crippen molar-refractivity contribution in [1.29, 1.82) is 0 Å². The predicted molar refractivity (Wildman–Crippen MR) is 140 cm³/mol. The quantitative estimate of drug-likeness (QED) is 0.372. The van der Waals surface area contributed by atoms with Gasteiger partial charge in [-0.2, -0.15) is 0 Å². The maximum absolute atomic E-state index is 13.0. The Balaban J connectivity index is 1.35. The van der Waals surface area contributed by atoms with Crippen LogP contribution in [-0.4, -0.2) is 46.4 Å². The van der Waals surface area contributed by atoms with Crippen molar-refractivity contribution in [1.82, 2.24) is 9.55 Å². The minimum atomic E-state index is -0.735. The van der Waals surface area contributed by atoms with Crippen LogP contribution in [0.5, 0.6) is 11.5 Å². The number of aliphatic hydroxyl groups excluding tert-OH is 1. The molecule has 3 aromatic carbocycles. The van der Waals surface area contributed by atoms with Crippen molar-refractivity contribution < 1.29 is 19.4 Å². The fourth-order valence-electron chi connectivity index (χ4n) is 4.78. The fraction of sp³-hybridized carbons (Fsp3) is 0.310. The predicted octanol–water partition coefficient (Wildman–Crippen LogP) is 4.70. The van der Waals surface area contributed by atoms with Crippen molar-refractivity contribution in [2.24, 2.45) is 0 Å². The molecule has 1 fully saturated rings. The third-order valence-electron chi connectivity index (χ3n) is 6.46. The molecule has 5 rings (SSSR count). The summed E-state index contributed by atoms with van der Waals surface area (Å²) >= 11 is 0. The van der Waals surface area contributed by atoms with Gasteiger partial charge in [-0.25, -0.2) is 4.98 Å². The Bertz CT molecular complexity index is 1350. The number of aliphatic hydroxyl groups is 1. The Morgan fingerprint density at radius 1 is 1.03 bits per heavy atom. The maximum atomic E-state index is 13.0. The van der Waals surface area contributed by atoms with Gasteiger partial charge < -0.3 is 24.0 Å². The van der Waals surface area contributed by atoms with Crippen molar-refractivity contribution in [3.63, 3.8) is 0 Å². The number of aryl methyl sites for hydroxylation is 1. The third kappa shape index (κ3) is 5.06. The van der Waals surface area contributed by atoms with Crippen LogP contribution in [0.3, 0.4) is 0 Å². The lowest BCUT2D eigenvalue weighted by Gasteiger charge is -2.19. The fourth-order valence-corrected chi connectivity index (χ4v) is 4.78. The van der Waals surface area contributed by atoms with Crippen LogP contribution in [0.4, 0.5) is 5.69 Å². The second-order valence-corrected chi connectivity index (χ2v) is 9.18. The van der Waals surface area contributed by atoms with E-state index in [9.17, 15) is 9.90 Å². The van der Waals surface area contributed by atoms with Crippen LogP contribution >= 0.6 is 0 Å². The Morgan fingerprint density at radius 3 is 2.61 bits per heavy atom. The number of ether oxygens (including phenoxy) is 2. The van der Waals surface area contributed by atoms with Gasteiger partial charge in [0.05, 0.1) is 24.2 Å². The standard InChI is InChI=1S/C29H31N3O4/c1-3-35-24-13-11-22(12-14-24)31-17-21(16-28(31)34)29-30-26-9-4-5-10-27(26)32(29)18-23(33)19-36-25-8-6-7-20(2)15-25/h4-15,21,23,33H,3,16-19H2,1-2H3/t21-,23-/m1/s1. The van der Waals surface area contributed by atoms with Crippen LogP contribution in [0.25, 0.3) is 11.0 Å². The third-order valence-corrected chi connectivity index (χ3v) is 6.46. The molecule has 2 heterocycles. The monoisotopic (exact) mass is 485 g/mol. The van der Waals surface area contributed by atoms with Crippen LogP contribution < -0.4 is 14.4 Å². The first-order valence-corrected chi connectivity index (χ1v) is 12.4. The number of benzene rings is 3. The van der Waals surface area contributed by atoms with Crippen LogP contribution in [0.2, 0.25) is 0 Å². The first-order valence-electron chi connectivity index (χ1n) is 12.4. The van der Waals surface area contributed by atoms with E-state index in [1.807, 2.05) is 91.2 Å². The highest BCUT2D eigenvalue weighted by atomic mass is 16.5. The van der Waals surface area contributed by atoms with E-state index in [4.69, 9.17) is 14.5 Å². The van der Waals surface area contributed by atoms with Crippen LogP contribution in [-0.2, 0) is 11.3 Å². The summed E-state index contributed by atoms with van der Waals surface area (Å²) in [5, 5.41) is 10.9. The number of carbonyl (C=O) groups excluding carboxylic acids is 1. The Morgan fingerprint density at radius 2 is 1.83 bits per heavy atom. The van der Waals surface area contributed by atoms with Gasteiger partial charge in [-0.15, -0.1) is 0 Å². The molecule has 0 aliphatic carbocycles. The number of hydrogen-bond acceptors (Lipinski definition) is 5. The van der Waals surface area contributed by atoms with Crippen molar-refractivity contribution in [3.05, 3.63) is 84.2 Å². The molecule has 7 heteroatoms. The summed E-state index contributed by atoms with van der Waals surface area (Å²) in [7, 11) is 0. The first kappa shape index (κ1) is 23.9. The van der Waals surface area contributed by atoms with Gasteiger partial charge in [-0.1, -0.05) is 24.3 Å². The molecule has 1 saturated heterocycles. The smallest absolute Gasteiger partial charge is 0.227 e. The largest absolute Gasteiger partial charge is 0.494 e. The number of aromatic nitrogens is 2. The molecular weight excluding hydrogens is 454 g/mol. The van der Waals surface area contributed by atoms with Gasteiger partial charge in [0.15, 0.2) is 0 Å². The lowest BCUT2D eigenvalue weighted by atomic mass is 10.1. The van der Waals surface area contributed by atoms with Crippen LogP contribution in [0, 0.1) is 6.92 Å². The zero-order valence-electron chi connectivity index (χ0n) is 20.6.